The lowest BCUT2D eigenvalue weighted by Gasteiger charge is -2.60. The molecular weight excluding hydrogens is 397 g/mol. The summed E-state index contributed by atoms with van der Waals surface area (Å²) in [5.74, 6) is 1.66. The summed E-state index contributed by atoms with van der Waals surface area (Å²) in [4.78, 5) is 12.6. The van der Waals surface area contributed by atoms with Gasteiger partial charge in [0.1, 0.15) is 0 Å². The van der Waals surface area contributed by atoms with Gasteiger partial charge >= 0.3 is 0 Å². The van der Waals surface area contributed by atoms with Crippen LogP contribution in [0.2, 0.25) is 10.0 Å². The number of rotatable bonds is 3. The predicted molar refractivity (Wildman–Crippen MR) is 98.5 cm³/mol. The highest BCUT2D eigenvalue weighted by Crippen LogP contribution is 2.65. The van der Waals surface area contributed by atoms with Gasteiger partial charge in [0.25, 0.3) is 0 Å². The van der Waals surface area contributed by atoms with Gasteiger partial charge in [0.2, 0.25) is 5.91 Å². The molecule has 0 radical (unpaired) electrons. The summed E-state index contributed by atoms with van der Waals surface area (Å²) >= 11 is 16.1. The first-order valence-electron chi connectivity index (χ1n) is 8.29. The van der Waals surface area contributed by atoms with Crippen LogP contribution in [0.5, 0.6) is 0 Å². The second kappa shape index (κ2) is 5.64. The predicted octanol–water partition coefficient (Wildman–Crippen LogP) is 6.06. The van der Waals surface area contributed by atoms with Gasteiger partial charge in [-0.2, -0.15) is 0 Å². The Morgan fingerprint density at radius 1 is 1.22 bits per heavy atom. The van der Waals surface area contributed by atoms with E-state index >= 15 is 0 Å². The van der Waals surface area contributed by atoms with E-state index in [1.807, 2.05) is 0 Å². The molecule has 4 aliphatic carbocycles. The van der Waals surface area contributed by atoms with Crippen molar-refractivity contribution >= 4 is 50.7 Å². The van der Waals surface area contributed by atoms with Crippen LogP contribution in [-0.4, -0.2) is 10.2 Å². The summed E-state index contributed by atoms with van der Waals surface area (Å²) in [6.07, 6.45) is 8.09. The number of hydrogen-bond donors (Lipinski definition) is 1. The topological polar surface area (TPSA) is 29.1 Å². The van der Waals surface area contributed by atoms with Gasteiger partial charge in [-0.15, -0.1) is 0 Å². The Bertz CT molecular complexity index is 648. The van der Waals surface area contributed by atoms with E-state index in [4.69, 9.17) is 23.2 Å². The Hall–Kier alpha value is -0.250. The molecule has 4 fully saturated rings. The standard InChI is InChI=1S/C18H20BrCl2NO/c19-18-7-11-3-12(8-18)6-17(5-11,10-18)9-16(23)22-15-2-1-13(20)4-14(15)21/h1-2,4,11-12H,3,5-10H2,(H,22,23)/t11-,12+,17?,18?. The maximum Gasteiger partial charge on any atom is 0.224 e. The summed E-state index contributed by atoms with van der Waals surface area (Å²) in [6.45, 7) is 0. The molecule has 2 unspecified atom stereocenters. The zero-order valence-corrected chi connectivity index (χ0v) is 16.0. The summed E-state index contributed by atoms with van der Waals surface area (Å²) in [5.41, 5.74) is 0.829. The number of alkyl halides is 1. The van der Waals surface area contributed by atoms with Crippen molar-refractivity contribution in [1.29, 1.82) is 0 Å². The fourth-order valence-corrected chi connectivity index (χ4v) is 7.63. The summed E-state index contributed by atoms with van der Waals surface area (Å²) in [7, 11) is 0. The number of nitrogens with one attached hydrogen (secondary N) is 1. The van der Waals surface area contributed by atoms with Crippen molar-refractivity contribution in [1.82, 2.24) is 0 Å². The number of carbonyl (C=O) groups excluding carboxylic acids is 1. The van der Waals surface area contributed by atoms with Gasteiger partial charge in [-0.1, -0.05) is 39.1 Å². The Morgan fingerprint density at radius 2 is 1.91 bits per heavy atom. The van der Waals surface area contributed by atoms with Crippen LogP contribution in [0.3, 0.4) is 0 Å². The third-order valence-electron chi connectivity index (χ3n) is 5.85. The molecule has 23 heavy (non-hydrogen) atoms. The third kappa shape index (κ3) is 3.17. The SMILES string of the molecule is O=C(CC12C[C@@H]3C[C@@H](CC(Br)(C3)C1)C2)Nc1ccc(Cl)cc1Cl. The first kappa shape index (κ1) is 16.2. The number of hydrogen-bond acceptors (Lipinski definition) is 1. The van der Waals surface area contributed by atoms with E-state index in [1.54, 1.807) is 18.2 Å². The van der Waals surface area contributed by atoms with E-state index < -0.39 is 0 Å². The molecule has 0 aromatic heterocycles. The van der Waals surface area contributed by atoms with Crippen LogP contribution in [-0.2, 0) is 4.79 Å². The molecule has 1 amide bonds. The van der Waals surface area contributed by atoms with Crippen LogP contribution in [0.4, 0.5) is 5.69 Å². The first-order valence-corrected chi connectivity index (χ1v) is 9.84. The second-order valence-corrected chi connectivity index (χ2v) is 10.5. The highest BCUT2D eigenvalue weighted by molar-refractivity contribution is 9.10. The molecule has 4 atom stereocenters. The normalized spacial score (nSPS) is 37.9. The van der Waals surface area contributed by atoms with Gasteiger partial charge in [-0.3, -0.25) is 4.79 Å². The lowest BCUT2D eigenvalue weighted by atomic mass is 9.48. The molecule has 0 saturated heterocycles. The Kier molecular flexibility index (Phi) is 3.98. The minimum Gasteiger partial charge on any atom is -0.325 e. The molecule has 2 nitrogen and oxygen atoms in total. The van der Waals surface area contributed by atoms with Crippen LogP contribution in [0, 0.1) is 17.3 Å². The molecule has 0 spiro atoms. The fraction of sp³-hybridized carbons (Fsp3) is 0.611. The Balaban J connectivity index is 1.48. The Labute approximate surface area is 155 Å². The maximum absolute atomic E-state index is 12.6. The lowest BCUT2D eigenvalue weighted by molar-refractivity contribution is -0.123. The molecule has 5 heteroatoms. The smallest absolute Gasteiger partial charge is 0.224 e. The van der Waals surface area contributed by atoms with Gasteiger partial charge in [0.05, 0.1) is 10.7 Å². The van der Waals surface area contributed by atoms with E-state index in [1.165, 1.54) is 32.1 Å². The number of amides is 1. The van der Waals surface area contributed by atoms with Crippen molar-refractivity contribution in [3.8, 4) is 0 Å². The molecule has 1 N–H and O–H groups in total. The number of halogens is 3. The van der Waals surface area contributed by atoms with Crippen LogP contribution >= 0.6 is 39.1 Å². The molecule has 1 aromatic carbocycles. The van der Waals surface area contributed by atoms with E-state index in [0.717, 1.165) is 18.3 Å². The molecule has 124 valence electrons. The monoisotopic (exact) mass is 415 g/mol. The number of carbonyl (C=O) groups is 1. The van der Waals surface area contributed by atoms with Gasteiger partial charge in [-0.25, -0.2) is 0 Å². The van der Waals surface area contributed by atoms with Crippen molar-refractivity contribution in [2.45, 2.75) is 49.3 Å². The minimum absolute atomic E-state index is 0.0762. The first-order chi connectivity index (χ1) is 10.8. The third-order valence-corrected chi connectivity index (χ3v) is 7.33. The van der Waals surface area contributed by atoms with Crippen molar-refractivity contribution in [2.24, 2.45) is 17.3 Å². The fourth-order valence-electron chi connectivity index (χ4n) is 5.67. The molecular formula is C18H20BrCl2NO. The molecule has 0 aliphatic heterocycles. The van der Waals surface area contributed by atoms with Gasteiger partial charge < -0.3 is 5.32 Å². The average Bonchev–Trinajstić information content (AvgIpc) is 2.38. The summed E-state index contributed by atoms with van der Waals surface area (Å²) < 4.78 is 0.287. The molecule has 4 saturated carbocycles. The highest BCUT2D eigenvalue weighted by atomic mass is 79.9. The second-order valence-electron chi connectivity index (χ2n) is 7.96. The van der Waals surface area contributed by atoms with Gasteiger partial charge in [0, 0.05) is 15.8 Å². The Morgan fingerprint density at radius 3 is 2.52 bits per heavy atom. The van der Waals surface area contributed by atoms with Crippen molar-refractivity contribution in [3.05, 3.63) is 28.2 Å². The van der Waals surface area contributed by atoms with Crippen LogP contribution in [0.1, 0.15) is 44.9 Å². The van der Waals surface area contributed by atoms with Gasteiger partial charge in [-0.05, 0) is 74.0 Å². The van der Waals surface area contributed by atoms with E-state index in [0.29, 0.717) is 22.2 Å². The molecule has 0 heterocycles. The number of anilines is 1. The van der Waals surface area contributed by atoms with Crippen LogP contribution in [0.15, 0.2) is 18.2 Å². The average molecular weight is 417 g/mol. The summed E-state index contributed by atoms with van der Waals surface area (Å²) in [5, 5.41) is 4.05. The zero-order chi connectivity index (χ0) is 16.2. The van der Waals surface area contributed by atoms with E-state index in [-0.39, 0.29) is 15.6 Å². The largest absolute Gasteiger partial charge is 0.325 e. The minimum atomic E-state index is 0.0762. The van der Waals surface area contributed by atoms with E-state index in [9.17, 15) is 4.79 Å². The molecule has 5 rings (SSSR count). The quantitative estimate of drug-likeness (QED) is 0.596. The van der Waals surface area contributed by atoms with Crippen molar-refractivity contribution in [3.63, 3.8) is 0 Å². The van der Waals surface area contributed by atoms with Crippen LogP contribution < -0.4 is 5.32 Å². The zero-order valence-electron chi connectivity index (χ0n) is 12.9. The lowest BCUT2D eigenvalue weighted by Crippen LogP contribution is -2.53. The molecule has 4 aliphatic rings. The van der Waals surface area contributed by atoms with Crippen molar-refractivity contribution in [2.75, 3.05) is 5.32 Å². The van der Waals surface area contributed by atoms with Gasteiger partial charge in [0.15, 0.2) is 0 Å². The van der Waals surface area contributed by atoms with Crippen LogP contribution in [0.25, 0.3) is 0 Å². The van der Waals surface area contributed by atoms with E-state index in [2.05, 4.69) is 21.2 Å². The molecule has 1 aromatic rings. The highest BCUT2D eigenvalue weighted by Gasteiger charge is 2.57. The van der Waals surface area contributed by atoms with Crippen molar-refractivity contribution < 1.29 is 4.79 Å². The summed E-state index contributed by atoms with van der Waals surface area (Å²) in [6, 6.07) is 5.19. The number of benzene rings is 1. The molecule has 4 bridgehead atoms. The maximum atomic E-state index is 12.6.